The van der Waals surface area contributed by atoms with Crippen LogP contribution in [-0.4, -0.2) is 15.4 Å². The smallest absolute Gasteiger partial charge is 0.143 e. The molecule has 2 aromatic rings. The van der Waals surface area contributed by atoms with Crippen LogP contribution in [0.25, 0.3) is 0 Å². The molecule has 1 aromatic heterocycles. The van der Waals surface area contributed by atoms with Gasteiger partial charge in [0.05, 0.1) is 11.2 Å². The fourth-order valence-electron chi connectivity index (χ4n) is 0.880. The van der Waals surface area contributed by atoms with E-state index in [4.69, 9.17) is 11.6 Å². The van der Waals surface area contributed by atoms with Crippen molar-refractivity contribution in [1.82, 2.24) is 15.4 Å². The third kappa shape index (κ3) is 2.02. The highest BCUT2D eigenvalue weighted by Gasteiger charge is 2.02. The maximum absolute atomic E-state index is 5.96. The molecule has 0 amide bonds. The van der Waals surface area contributed by atoms with E-state index in [9.17, 15) is 0 Å². The molecule has 0 fully saturated rings. The molecular formula is C8H6ClN3S. The maximum Gasteiger partial charge on any atom is 0.143 e. The highest BCUT2D eigenvalue weighted by Crippen LogP contribution is 2.30. The van der Waals surface area contributed by atoms with Gasteiger partial charge in [-0.1, -0.05) is 35.5 Å². The normalized spacial score (nSPS) is 10.2. The maximum atomic E-state index is 5.96. The average Bonchev–Trinajstić information content (AvgIpc) is 2.61. The predicted molar refractivity (Wildman–Crippen MR) is 52.0 cm³/mol. The van der Waals surface area contributed by atoms with Gasteiger partial charge in [-0.05, 0) is 12.1 Å². The van der Waals surface area contributed by atoms with Crippen molar-refractivity contribution in [2.24, 2.45) is 0 Å². The van der Waals surface area contributed by atoms with Gasteiger partial charge in [0.2, 0.25) is 0 Å². The Morgan fingerprint density at radius 2 is 2.15 bits per heavy atom. The molecule has 0 radical (unpaired) electrons. The second-order valence-corrected chi connectivity index (χ2v) is 3.81. The van der Waals surface area contributed by atoms with Crippen LogP contribution in [0.5, 0.6) is 0 Å². The summed E-state index contributed by atoms with van der Waals surface area (Å²) in [5.74, 6) is 0. The zero-order chi connectivity index (χ0) is 9.10. The minimum atomic E-state index is 0.732. The van der Waals surface area contributed by atoms with Gasteiger partial charge < -0.3 is 0 Å². The Morgan fingerprint density at radius 1 is 1.31 bits per heavy atom. The van der Waals surface area contributed by atoms with Crippen molar-refractivity contribution in [3.63, 3.8) is 0 Å². The minimum Gasteiger partial charge on any atom is -0.197 e. The molecule has 0 spiro atoms. The van der Waals surface area contributed by atoms with Crippen LogP contribution in [0.15, 0.2) is 40.4 Å². The number of aromatic amines is 1. The first-order valence-electron chi connectivity index (χ1n) is 3.64. The third-order valence-corrected chi connectivity index (χ3v) is 2.87. The fraction of sp³-hybridized carbons (Fsp3) is 0. The van der Waals surface area contributed by atoms with Crippen molar-refractivity contribution in [2.75, 3.05) is 0 Å². The number of benzene rings is 1. The number of nitrogens with zero attached hydrogens (tertiary/aromatic N) is 2. The van der Waals surface area contributed by atoms with Gasteiger partial charge in [0.25, 0.3) is 0 Å². The summed E-state index contributed by atoms with van der Waals surface area (Å²) in [7, 11) is 0. The molecule has 2 rings (SSSR count). The lowest BCUT2D eigenvalue weighted by atomic mass is 10.4. The van der Waals surface area contributed by atoms with Crippen LogP contribution in [0.3, 0.4) is 0 Å². The van der Waals surface area contributed by atoms with Crippen molar-refractivity contribution < 1.29 is 0 Å². The summed E-state index contributed by atoms with van der Waals surface area (Å²) in [6.45, 7) is 0. The molecule has 0 saturated carbocycles. The topological polar surface area (TPSA) is 41.6 Å². The molecule has 0 atom stereocenters. The van der Waals surface area contributed by atoms with Crippen LogP contribution in [-0.2, 0) is 0 Å². The van der Waals surface area contributed by atoms with Crippen LogP contribution in [0.1, 0.15) is 0 Å². The van der Waals surface area contributed by atoms with E-state index in [0.717, 1.165) is 14.9 Å². The van der Waals surface area contributed by atoms with Crippen LogP contribution in [0.4, 0.5) is 0 Å². The lowest BCUT2D eigenvalue weighted by Gasteiger charge is -1.98. The molecular weight excluding hydrogens is 206 g/mol. The summed E-state index contributed by atoms with van der Waals surface area (Å²) < 4.78 is 0. The van der Waals surface area contributed by atoms with Crippen molar-refractivity contribution in [1.29, 1.82) is 0 Å². The standard InChI is InChI=1S/C8H6ClN3S/c9-6-3-1-2-4-7(6)13-8-5-10-12-11-8/h1-5H,(H,10,11,12). The summed E-state index contributed by atoms with van der Waals surface area (Å²) in [4.78, 5) is 0.984. The van der Waals surface area contributed by atoms with Crippen LogP contribution in [0, 0.1) is 0 Å². The average molecular weight is 212 g/mol. The van der Waals surface area contributed by atoms with E-state index in [-0.39, 0.29) is 0 Å². The highest BCUT2D eigenvalue weighted by molar-refractivity contribution is 7.99. The second-order valence-electron chi connectivity index (χ2n) is 2.34. The van der Waals surface area contributed by atoms with E-state index in [0.29, 0.717) is 0 Å². The van der Waals surface area contributed by atoms with Crippen molar-refractivity contribution in [3.05, 3.63) is 35.5 Å². The van der Waals surface area contributed by atoms with E-state index in [1.807, 2.05) is 24.3 Å². The largest absolute Gasteiger partial charge is 0.197 e. The molecule has 13 heavy (non-hydrogen) atoms. The van der Waals surface area contributed by atoms with E-state index in [1.165, 1.54) is 11.8 Å². The zero-order valence-corrected chi connectivity index (χ0v) is 8.14. The van der Waals surface area contributed by atoms with E-state index in [2.05, 4.69) is 15.4 Å². The number of H-pyrrole nitrogens is 1. The van der Waals surface area contributed by atoms with Gasteiger partial charge in [0.15, 0.2) is 0 Å². The molecule has 0 aliphatic carbocycles. The molecule has 1 aromatic carbocycles. The van der Waals surface area contributed by atoms with Gasteiger partial charge in [0, 0.05) is 4.90 Å². The monoisotopic (exact) mass is 211 g/mol. The summed E-state index contributed by atoms with van der Waals surface area (Å²) in [6, 6.07) is 7.63. The van der Waals surface area contributed by atoms with Crippen LogP contribution < -0.4 is 0 Å². The molecule has 0 saturated heterocycles. The Labute approximate surface area is 84.5 Å². The van der Waals surface area contributed by atoms with Gasteiger partial charge in [-0.25, -0.2) is 0 Å². The number of rotatable bonds is 2. The van der Waals surface area contributed by atoms with Crippen LogP contribution >= 0.6 is 23.4 Å². The molecule has 5 heteroatoms. The van der Waals surface area contributed by atoms with E-state index < -0.39 is 0 Å². The summed E-state index contributed by atoms with van der Waals surface area (Å²) >= 11 is 7.45. The number of hydrogen-bond acceptors (Lipinski definition) is 3. The fourth-order valence-corrected chi connectivity index (χ4v) is 1.86. The van der Waals surface area contributed by atoms with E-state index in [1.54, 1.807) is 6.20 Å². The highest BCUT2D eigenvalue weighted by atomic mass is 35.5. The molecule has 0 unspecified atom stereocenters. The molecule has 1 heterocycles. The first-order valence-corrected chi connectivity index (χ1v) is 4.84. The first kappa shape index (κ1) is 8.59. The molecule has 0 bridgehead atoms. The molecule has 66 valence electrons. The van der Waals surface area contributed by atoms with Gasteiger partial charge in [0.1, 0.15) is 5.03 Å². The Balaban J connectivity index is 2.24. The van der Waals surface area contributed by atoms with Gasteiger partial charge in [-0.2, -0.15) is 10.3 Å². The quantitative estimate of drug-likeness (QED) is 0.830. The Kier molecular flexibility index (Phi) is 2.52. The predicted octanol–water partition coefficient (Wildman–Crippen LogP) is 2.61. The number of nitrogens with one attached hydrogen (secondary N) is 1. The second kappa shape index (κ2) is 3.81. The van der Waals surface area contributed by atoms with Crippen molar-refractivity contribution in [3.8, 4) is 0 Å². The Morgan fingerprint density at radius 3 is 2.85 bits per heavy atom. The third-order valence-electron chi connectivity index (χ3n) is 1.44. The zero-order valence-electron chi connectivity index (χ0n) is 6.57. The molecule has 0 aliphatic rings. The molecule has 0 aliphatic heterocycles. The summed E-state index contributed by atoms with van der Waals surface area (Å²) in [5, 5.41) is 11.7. The SMILES string of the molecule is Clc1ccccc1Sc1cn[nH]n1. The van der Waals surface area contributed by atoms with Crippen molar-refractivity contribution >= 4 is 23.4 Å². The van der Waals surface area contributed by atoms with Gasteiger partial charge in [-0.15, -0.1) is 5.10 Å². The first-order chi connectivity index (χ1) is 6.36. The van der Waals surface area contributed by atoms with Crippen molar-refractivity contribution in [2.45, 2.75) is 9.92 Å². The van der Waals surface area contributed by atoms with Gasteiger partial charge >= 0.3 is 0 Å². The van der Waals surface area contributed by atoms with Crippen LogP contribution in [0.2, 0.25) is 5.02 Å². The van der Waals surface area contributed by atoms with Gasteiger partial charge in [-0.3, -0.25) is 0 Å². The minimum absolute atomic E-state index is 0.732. The number of hydrogen-bond donors (Lipinski definition) is 1. The lowest BCUT2D eigenvalue weighted by molar-refractivity contribution is 0.911. The Hall–Kier alpha value is -1.00. The number of aromatic nitrogens is 3. The van der Waals surface area contributed by atoms with E-state index >= 15 is 0 Å². The molecule has 3 nitrogen and oxygen atoms in total. The summed E-state index contributed by atoms with van der Waals surface area (Å²) in [6.07, 6.45) is 1.66. The summed E-state index contributed by atoms with van der Waals surface area (Å²) in [5.41, 5.74) is 0. The molecule has 1 N–H and O–H groups in total. The Bertz CT molecular complexity index is 388. The lowest BCUT2D eigenvalue weighted by Crippen LogP contribution is -1.74. The number of halogens is 1.